The Balaban J connectivity index is 1.37. The smallest absolute Gasteiger partial charge is 0.164 e. The number of fused-ring (bicyclic) bond motifs is 1. The molecule has 0 bridgehead atoms. The van der Waals surface area contributed by atoms with Crippen LogP contribution in [0.4, 0.5) is 0 Å². The number of benzene rings is 2. The molecule has 0 N–H and O–H groups in total. The molecule has 5 rings (SSSR count). The van der Waals surface area contributed by atoms with E-state index in [2.05, 4.69) is 5.38 Å². The normalized spacial score (nSPS) is 14.0. The number of thiazole rings is 1. The third-order valence-corrected chi connectivity index (χ3v) is 6.04. The lowest BCUT2D eigenvalue weighted by atomic mass is 10.1. The summed E-state index contributed by atoms with van der Waals surface area (Å²) in [5.74, 6) is 2.79. The van der Waals surface area contributed by atoms with Crippen LogP contribution in [0.5, 0.6) is 5.75 Å². The van der Waals surface area contributed by atoms with Crippen molar-refractivity contribution >= 4 is 33.9 Å². The molecule has 0 spiro atoms. The first-order valence-electron chi connectivity index (χ1n) is 9.05. The molecule has 0 saturated heterocycles. The van der Waals surface area contributed by atoms with Crippen molar-refractivity contribution in [3.63, 3.8) is 0 Å². The maximum atomic E-state index is 6.01. The average Bonchev–Trinajstić information content (AvgIpc) is 3.28. The van der Waals surface area contributed by atoms with E-state index in [1.165, 1.54) is 18.5 Å². The first-order valence-corrected chi connectivity index (χ1v) is 10.5. The predicted molar refractivity (Wildman–Crippen MR) is 110 cm³/mol. The molecule has 136 valence electrons. The van der Waals surface area contributed by atoms with Crippen LogP contribution >= 0.6 is 22.9 Å². The summed E-state index contributed by atoms with van der Waals surface area (Å²) >= 11 is 7.66. The lowest BCUT2D eigenvalue weighted by Gasteiger charge is -2.09. The van der Waals surface area contributed by atoms with Gasteiger partial charge in [-0.25, -0.2) is 4.98 Å². The molecule has 0 radical (unpaired) electrons. The highest BCUT2D eigenvalue weighted by atomic mass is 35.5. The summed E-state index contributed by atoms with van der Waals surface area (Å²) in [4.78, 5) is 4.74. The summed E-state index contributed by atoms with van der Waals surface area (Å²) in [6.45, 7) is 0.496. The van der Waals surface area contributed by atoms with E-state index in [9.17, 15) is 0 Å². The molecular weight excluding hydrogens is 378 g/mol. The van der Waals surface area contributed by atoms with Crippen molar-refractivity contribution in [3.05, 3.63) is 70.7 Å². The van der Waals surface area contributed by atoms with Gasteiger partial charge in [0.25, 0.3) is 0 Å². The van der Waals surface area contributed by atoms with E-state index in [4.69, 9.17) is 25.7 Å². The molecule has 5 heteroatoms. The molecular formula is C22H18ClNO2S. The Kier molecular flexibility index (Phi) is 4.38. The van der Waals surface area contributed by atoms with Crippen LogP contribution in [0.3, 0.4) is 0 Å². The van der Waals surface area contributed by atoms with Crippen molar-refractivity contribution in [2.75, 3.05) is 0 Å². The molecule has 1 saturated carbocycles. The Morgan fingerprint density at radius 3 is 2.78 bits per heavy atom. The van der Waals surface area contributed by atoms with E-state index in [1.54, 1.807) is 11.3 Å². The monoisotopic (exact) mass is 395 g/mol. The number of furan rings is 1. The standard InChI is InChI=1S/C22H18ClNO2S/c23-11-15-3-1-2-4-16(15)12-25-18-7-8-20-17(9-18)10-21(26-20)22-24-19(13-27-22)14-5-6-14/h1-4,7-10,13-14H,5-6,11-12H2. The zero-order valence-corrected chi connectivity index (χ0v) is 16.2. The molecule has 0 atom stereocenters. The van der Waals surface area contributed by atoms with Gasteiger partial charge in [0.15, 0.2) is 10.8 Å². The number of alkyl halides is 1. The van der Waals surface area contributed by atoms with E-state index in [0.29, 0.717) is 18.4 Å². The van der Waals surface area contributed by atoms with Gasteiger partial charge in [-0.1, -0.05) is 24.3 Å². The summed E-state index contributed by atoms with van der Waals surface area (Å²) in [6.07, 6.45) is 2.52. The summed E-state index contributed by atoms with van der Waals surface area (Å²) in [6, 6.07) is 16.0. The second-order valence-electron chi connectivity index (χ2n) is 6.85. The minimum Gasteiger partial charge on any atom is -0.489 e. The summed E-state index contributed by atoms with van der Waals surface area (Å²) in [5.41, 5.74) is 4.26. The third kappa shape index (κ3) is 3.47. The van der Waals surface area contributed by atoms with Gasteiger partial charge in [-0.05, 0) is 48.2 Å². The van der Waals surface area contributed by atoms with Crippen LogP contribution in [0, 0.1) is 0 Å². The van der Waals surface area contributed by atoms with Crippen LogP contribution in [0.2, 0.25) is 0 Å². The van der Waals surface area contributed by atoms with Crippen molar-refractivity contribution in [1.29, 1.82) is 0 Å². The Labute approximate surface area is 166 Å². The molecule has 0 aliphatic heterocycles. The SMILES string of the molecule is ClCc1ccccc1COc1ccc2oc(-c3nc(C4CC4)cs3)cc2c1. The first kappa shape index (κ1) is 16.8. The van der Waals surface area contributed by atoms with Gasteiger partial charge in [-0.15, -0.1) is 22.9 Å². The van der Waals surface area contributed by atoms with Gasteiger partial charge in [0.05, 0.1) is 5.69 Å². The molecule has 0 amide bonds. The van der Waals surface area contributed by atoms with Gasteiger partial charge in [0.1, 0.15) is 17.9 Å². The molecule has 27 heavy (non-hydrogen) atoms. The molecule has 4 aromatic rings. The number of rotatable bonds is 6. The second-order valence-corrected chi connectivity index (χ2v) is 7.98. The summed E-state index contributed by atoms with van der Waals surface area (Å²) in [7, 11) is 0. The highest BCUT2D eigenvalue weighted by molar-refractivity contribution is 7.13. The van der Waals surface area contributed by atoms with Crippen molar-refractivity contribution in [3.8, 4) is 16.5 Å². The van der Waals surface area contributed by atoms with E-state index < -0.39 is 0 Å². The Morgan fingerprint density at radius 2 is 1.96 bits per heavy atom. The molecule has 1 fully saturated rings. The molecule has 3 nitrogen and oxygen atoms in total. The molecule has 0 unspecified atom stereocenters. The number of halogens is 1. The van der Waals surface area contributed by atoms with E-state index in [1.807, 2.05) is 48.5 Å². The maximum absolute atomic E-state index is 6.01. The fourth-order valence-electron chi connectivity index (χ4n) is 3.17. The minimum absolute atomic E-state index is 0.486. The summed E-state index contributed by atoms with van der Waals surface area (Å²) < 4.78 is 12.0. The highest BCUT2D eigenvalue weighted by Crippen LogP contribution is 2.42. The topological polar surface area (TPSA) is 35.3 Å². The van der Waals surface area contributed by atoms with Gasteiger partial charge in [-0.3, -0.25) is 0 Å². The van der Waals surface area contributed by atoms with Gasteiger partial charge in [-0.2, -0.15) is 0 Å². The minimum atomic E-state index is 0.486. The number of hydrogen-bond acceptors (Lipinski definition) is 4. The van der Waals surface area contributed by atoms with Crippen molar-refractivity contribution in [1.82, 2.24) is 4.98 Å². The molecule has 2 heterocycles. The third-order valence-electron chi connectivity index (χ3n) is 4.87. The molecule has 1 aliphatic rings. The average molecular weight is 396 g/mol. The van der Waals surface area contributed by atoms with Crippen LogP contribution < -0.4 is 4.74 Å². The number of nitrogens with zero attached hydrogens (tertiary/aromatic N) is 1. The molecule has 2 aromatic carbocycles. The quantitative estimate of drug-likeness (QED) is 0.338. The van der Waals surface area contributed by atoms with E-state index in [-0.39, 0.29) is 0 Å². The summed E-state index contributed by atoms with van der Waals surface area (Å²) in [5, 5.41) is 4.13. The van der Waals surface area contributed by atoms with Gasteiger partial charge >= 0.3 is 0 Å². The molecule has 1 aliphatic carbocycles. The van der Waals surface area contributed by atoms with Crippen molar-refractivity contribution in [2.24, 2.45) is 0 Å². The van der Waals surface area contributed by atoms with E-state index >= 15 is 0 Å². The van der Waals surface area contributed by atoms with Crippen LogP contribution in [-0.4, -0.2) is 4.98 Å². The van der Waals surface area contributed by atoms with Crippen LogP contribution in [-0.2, 0) is 12.5 Å². The second kappa shape index (κ2) is 7.02. The van der Waals surface area contributed by atoms with Crippen LogP contribution in [0.15, 0.2) is 58.3 Å². The van der Waals surface area contributed by atoms with Gasteiger partial charge in [0, 0.05) is 22.6 Å². The fourth-order valence-corrected chi connectivity index (χ4v) is 4.29. The molecule has 2 aromatic heterocycles. The lowest BCUT2D eigenvalue weighted by molar-refractivity contribution is 0.305. The van der Waals surface area contributed by atoms with Crippen molar-refractivity contribution in [2.45, 2.75) is 31.2 Å². The number of ether oxygens (including phenoxy) is 1. The zero-order chi connectivity index (χ0) is 18.2. The number of hydrogen-bond donors (Lipinski definition) is 0. The zero-order valence-electron chi connectivity index (χ0n) is 14.7. The Morgan fingerprint density at radius 1 is 1.11 bits per heavy atom. The first-order chi connectivity index (χ1) is 13.3. The van der Waals surface area contributed by atoms with Gasteiger partial charge < -0.3 is 9.15 Å². The van der Waals surface area contributed by atoms with E-state index in [0.717, 1.165) is 38.6 Å². The maximum Gasteiger partial charge on any atom is 0.164 e. The number of aromatic nitrogens is 1. The fraction of sp³-hybridized carbons (Fsp3) is 0.227. The Bertz CT molecular complexity index is 1100. The van der Waals surface area contributed by atoms with Crippen molar-refractivity contribution < 1.29 is 9.15 Å². The van der Waals surface area contributed by atoms with Gasteiger partial charge in [0.2, 0.25) is 0 Å². The lowest BCUT2D eigenvalue weighted by Crippen LogP contribution is -1.98. The largest absolute Gasteiger partial charge is 0.489 e. The van der Waals surface area contributed by atoms with Crippen LogP contribution in [0.1, 0.15) is 35.6 Å². The highest BCUT2D eigenvalue weighted by Gasteiger charge is 2.26. The Hall–Kier alpha value is -2.30. The van der Waals surface area contributed by atoms with Crippen LogP contribution in [0.25, 0.3) is 21.7 Å². The predicted octanol–water partition coefficient (Wildman–Crippen LogP) is 6.75.